The van der Waals surface area contributed by atoms with Gasteiger partial charge in [0.2, 0.25) is 0 Å². The second kappa shape index (κ2) is 7.25. The van der Waals surface area contributed by atoms with E-state index in [0.717, 1.165) is 24.3 Å². The highest BCUT2D eigenvalue weighted by atomic mass is 16.5. The molecule has 0 amide bonds. The van der Waals surface area contributed by atoms with Crippen LogP contribution in [0.1, 0.15) is 38.4 Å². The van der Waals surface area contributed by atoms with Crippen molar-refractivity contribution in [2.45, 2.75) is 38.8 Å². The number of nitrogens with two attached hydrogens (primary N) is 1. The van der Waals surface area contributed by atoms with Crippen LogP contribution in [-0.4, -0.2) is 24.8 Å². The fourth-order valence-corrected chi connectivity index (χ4v) is 1.87. The van der Waals surface area contributed by atoms with Crippen molar-refractivity contribution in [3.8, 4) is 5.75 Å². The molecule has 0 fully saturated rings. The summed E-state index contributed by atoms with van der Waals surface area (Å²) in [5.41, 5.74) is 6.99. The molecule has 0 aliphatic heterocycles. The van der Waals surface area contributed by atoms with Gasteiger partial charge in [-0.25, -0.2) is 0 Å². The van der Waals surface area contributed by atoms with Gasteiger partial charge in [-0.1, -0.05) is 13.3 Å². The van der Waals surface area contributed by atoms with E-state index < -0.39 is 0 Å². The summed E-state index contributed by atoms with van der Waals surface area (Å²) in [5, 5.41) is 0. The van der Waals surface area contributed by atoms with Crippen LogP contribution in [-0.2, 0) is 4.74 Å². The molecule has 17 heavy (non-hydrogen) atoms. The van der Waals surface area contributed by atoms with Crippen LogP contribution >= 0.6 is 0 Å². The Balaban J connectivity index is 2.87. The fraction of sp³-hybridized carbons (Fsp3) is 0.615. The van der Waals surface area contributed by atoms with Crippen LogP contribution in [0.4, 0.5) is 0 Å². The van der Waals surface area contributed by atoms with Gasteiger partial charge in [-0.3, -0.25) is 4.98 Å². The molecule has 0 spiro atoms. The van der Waals surface area contributed by atoms with E-state index in [2.05, 4.69) is 11.9 Å². The minimum atomic E-state index is -0.244. The van der Waals surface area contributed by atoms with Gasteiger partial charge in [0, 0.05) is 12.8 Å². The van der Waals surface area contributed by atoms with Gasteiger partial charge in [0.05, 0.1) is 19.3 Å². The maximum atomic E-state index is 6.22. The SMILES string of the molecule is CCCC(OCC)C(N)c1ncccc1OC. The molecule has 0 saturated carbocycles. The Morgan fingerprint density at radius 3 is 2.76 bits per heavy atom. The van der Waals surface area contributed by atoms with Crippen molar-refractivity contribution in [3.63, 3.8) is 0 Å². The van der Waals surface area contributed by atoms with E-state index in [0.29, 0.717) is 6.61 Å². The zero-order chi connectivity index (χ0) is 12.7. The first-order valence-electron chi connectivity index (χ1n) is 6.10. The van der Waals surface area contributed by atoms with Crippen molar-refractivity contribution in [2.24, 2.45) is 5.73 Å². The number of nitrogens with zero attached hydrogens (tertiary/aromatic N) is 1. The summed E-state index contributed by atoms with van der Waals surface area (Å²) in [6.45, 7) is 4.76. The number of aromatic nitrogens is 1. The number of rotatable bonds is 7. The van der Waals surface area contributed by atoms with Crippen molar-refractivity contribution in [3.05, 3.63) is 24.0 Å². The van der Waals surface area contributed by atoms with Gasteiger partial charge in [0.1, 0.15) is 11.4 Å². The lowest BCUT2D eigenvalue weighted by Crippen LogP contribution is -2.30. The second-order valence-electron chi connectivity index (χ2n) is 3.90. The molecule has 2 N–H and O–H groups in total. The molecule has 1 rings (SSSR count). The van der Waals surface area contributed by atoms with Crippen molar-refractivity contribution >= 4 is 0 Å². The van der Waals surface area contributed by atoms with Gasteiger partial charge < -0.3 is 15.2 Å². The van der Waals surface area contributed by atoms with Gasteiger partial charge in [0.25, 0.3) is 0 Å². The molecule has 1 aromatic rings. The molecule has 4 nitrogen and oxygen atoms in total. The third-order valence-electron chi connectivity index (χ3n) is 2.69. The lowest BCUT2D eigenvalue weighted by Gasteiger charge is -2.24. The lowest BCUT2D eigenvalue weighted by atomic mass is 10.0. The van der Waals surface area contributed by atoms with E-state index in [1.165, 1.54) is 0 Å². The normalized spacial score (nSPS) is 14.4. The molecule has 4 heteroatoms. The van der Waals surface area contributed by atoms with Gasteiger partial charge in [-0.05, 0) is 25.5 Å². The molecule has 0 aliphatic carbocycles. The summed E-state index contributed by atoms with van der Waals surface area (Å²) < 4.78 is 11.0. The van der Waals surface area contributed by atoms with Crippen LogP contribution in [0.5, 0.6) is 5.75 Å². The molecule has 0 aliphatic rings. The van der Waals surface area contributed by atoms with Crippen LogP contribution in [0.15, 0.2) is 18.3 Å². The van der Waals surface area contributed by atoms with E-state index in [1.54, 1.807) is 13.3 Å². The maximum absolute atomic E-state index is 6.22. The molecule has 1 aromatic heterocycles. The standard InChI is InChI=1S/C13H22N2O2/c1-4-7-10(17-5-2)12(14)13-11(16-3)8-6-9-15-13/h6,8-10,12H,4-5,7,14H2,1-3H3. The van der Waals surface area contributed by atoms with Crippen LogP contribution in [0.3, 0.4) is 0 Å². The van der Waals surface area contributed by atoms with E-state index in [1.807, 2.05) is 19.1 Å². The van der Waals surface area contributed by atoms with E-state index in [9.17, 15) is 0 Å². The quantitative estimate of drug-likeness (QED) is 0.792. The number of hydrogen-bond donors (Lipinski definition) is 1. The molecule has 2 unspecified atom stereocenters. The molecule has 0 bridgehead atoms. The summed E-state index contributed by atoms with van der Waals surface area (Å²) in [5.74, 6) is 0.723. The molecule has 1 heterocycles. The largest absolute Gasteiger partial charge is 0.495 e. The first-order chi connectivity index (χ1) is 8.24. The molecule has 2 atom stereocenters. The summed E-state index contributed by atoms with van der Waals surface area (Å²) in [6.07, 6.45) is 3.68. The number of hydrogen-bond acceptors (Lipinski definition) is 4. The Morgan fingerprint density at radius 2 is 2.18 bits per heavy atom. The minimum Gasteiger partial charge on any atom is -0.495 e. The Kier molecular flexibility index (Phi) is 5.94. The predicted molar refractivity (Wildman–Crippen MR) is 68.0 cm³/mol. The average Bonchev–Trinajstić information content (AvgIpc) is 2.37. The summed E-state index contributed by atoms with van der Waals surface area (Å²) in [4.78, 5) is 4.30. The minimum absolute atomic E-state index is 0.00574. The Labute approximate surface area is 103 Å². The zero-order valence-electron chi connectivity index (χ0n) is 10.8. The summed E-state index contributed by atoms with van der Waals surface area (Å²) in [7, 11) is 1.63. The average molecular weight is 238 g/mol. The Morgan fingerprint density at radius 1 is 1.41 bits per heavy atom. The lowest BCUT2D eigenvalue weighted by molar-refractivity contribution is 0.0359. The van der Waals surface area contributed by atoms with Gasteiger partial charge in [-0.2, -0.15) is 0 Å². The first-order valence-corrected chi connectivity index (χ1v) is 6.10. The fourth-order valence-electron chi connectivity index (χ4n) is 1.87. The Hall–Kier alpha value is -1.13. The maximum Gasteiger partial charge on any atom is 0.142 e. The van der Waals surface area contributed by atoms with Crippen molar-refractivity contribution in [1.29, 1.82) is 0 Å². The number of pyridine rings is 1. The van der Waals surface area contributed by atoms with Crippen molar-refractivity contribution in [1.82, 2.24) is 4.98 Å². The van der Waals surface area contributed by atoms with Crippen LogP contribution < -0.4 is 10.5 Å². The third kappa shape index (κ3) is 3.68. The Bertz CT molecular complexity index is 325. The van der Waals surface area contributed by atoms with Gasteiger partial charge in [0.15, 0.2) is 0 Å². The zero-order valence-corrected chi connectivity index (χ0v) is 10.8. The highest BCUT2D eigenvalue weighted by molar-refractivity contribution is 5.29. The highest BCUT2D eigenvalue weighted by Crippen LogP contribution is 2.26. The summed E-state index contributed by atoms with van der Waals surface area (Å²) in [6, 6.07) is 3.47. The van der Waals surface area contributed by atoms with E-state index in [-0.39, 0.29) is 12.1 Å². The highest BCUT2D eigenvalue weighted by Gasteiger charge is 2.23. The van der Waals surface area contributed by atoms with Crippen LogP contribution in [0.2, 0.25) is 0 Å². The number of ether oxygens (including phenoxy) is 2. The monoisotopic (exact) mass is 238 g/mol. The van der Waals surface area contributed by atoms with E-state index >= 15 is 0 Å². The van der Waals surface area contributed by atoms with Gasteiger partial charge >= 0.3 is 0 Å². The molecule has 0 aromatic carbocycles. The molecule has 96 valence electrons. The van der Waals surface area contributed by atoms with Crippen molar-refractivity contribution < 1.29 is 9.47 Å². The molecule has 0 saturated heterocycles. The van der Waals surface area contributed by atoms with Crippen molar-refractivity contribution in [2.75, 3.05) is 13.7 Å². The van der Waals surface area contributed by atoms with E-state index in [4.69, 9.17) is 15.2 Å². The van der Waals surface area contributed by atoms with Crippen LogP contribution in [0.25, 0.3) is 0 Å². The van der Waals surface area contributed by atoms with Gasteiger partial charge in [-0.15, -0.1) is 0 Å². The predicted octanol–water partition coefficient (Wildman–Crippen LogP) is 2.30. The summed E-state index contributed by atoms with van der Waals surface area (Å²) >= 11 is 0. The molecule has 0 radical (unpaired) electrons. The van der Waals surface area contributed by atoms with Crippen LogP contribution in [0, 0.1) is 0 Å². The third-order valence-corrected chi connectivity index (χ3v) is 2.69. The molecular formula is C13H22N2O2. The second-order valence-corrected chi connectivity index (χ2v) is 3.90. The topological polar surface area (TPSA) is 57.4 Å². The molecular weight excluding hydrogens is 216 g/mol. The first kappa shape index (κ1) is 13.9. The smallest absolute Gasteiger partial charge is 0.142 e. The number of methoxy groups -OCH3 is 1.